The summed E-state index contributed by atoms with van der Waals surface area (Å²) in [7, 11) is 0. The molecule has 0 bridgehead atoms. The van der Waals surface area contributed by atoms with E-state index in [2.05, 4.69) is 28.9 Å². The molecule has 3 N–H and O–H groups in total. The van der Waals surface area contributed by atoms with Crippen LogP contribution in [0.1, 0.15) is 31.0 Å². The third-order valence-corrected chi connectivity index (χ3v) is 4.91. The van der Waals surface area contributed by atoms with Gasteiger partial charge in [0, 0.05) is 24.0 Å². The van der Waals surface area contributed by atoms with Crippen LogP contribution < -0.4 is 16.0 Å². The van der Waals surface area contributed by atoms with Gasteiger partial charge in [0.05, 0.1) is 11.4 Å². The number of anilines is 3. The molecule has 2 amide bonds. The first kappa shape index (κ1) is 19.0. The second-order valence-electron chi connectivity index (χ2n) is 7.14. The summed E-state index contributed by atoms with van der Waals surface area (Å²) in [6, 6.07) is 13.4. The molecule has 0 fully saturated rings. The van der Waals surface area contributed by atoms with Crippen LogP contribution in [0.25, 0.3) is 5.69 Å². The Morgan fingerprint density at radius 1 is 1.21 bits per heavy atom. The number of unbranched alkanes of at least 4 members (excludes halogenated alkanes) is 1. The lowest BCUT2D eigenvalue weighted by molar-refractivity contribution is 0.262. The Hall–Kier alpha value is -3.35. The van der Waals surface area contributed by atoms with Crippen molar-refractivity contribution in [1.82, 2.24) is 9.78 Å². The highest BCUT2D eigenvalue weighted by Gasteiger charge is 2.16. The summed E-state index contributed by atoms with van der Waals surface area (Å²) in [6.07, 6.45) is 3.91. The van der Waals surface area contributed by atoms with Gasteiger partial charge in [-0.25, -0.2) is 13.9 Å². The Balaban J connectivity index is 1.59. The lowest BCUT2D eigenvalue weighted by atomic mass is 10.1. The third-order valence-electron chi connectivity index (χ3n) is 4.91. The number of benzene rings is 2. The van der Waals surface area contributed by atoms with Gasteiger partial charge in [0.2, 0.25) is 0 Å². The van der Waals surface area contributed by atoms with Gasteiger partial charge >= 0.3 is 6.03 Å². The maximum atomic E-state index is 13.4. The first-order valence-corrected chi connectivity index (χ1v) is 9.92. The maximum absolute atomic E-state index is 13.4. The number of urea groups is 1. The number of carbonyl (C=O) groups is 1. The first-order chi connectivity index (χ1) is 14.1. The summed E-state index contributed by atoms with van der Waals surface area (Å²) in [5.41, 5.74) is 4.60. The number of rotatable bonds is 6. The number of aromatic nitrogens is 2. The molecule has 1 aliphatic heterocycles. The molecule has 2 aromatic carbocycles. The van der Waals surface area contributed by atoms with Crippen molar-refractivity contribution in [2.45, 2.75) is 32.6 Å². The van der Waals surface area contributed by atoms with E-state index in [1.165, 1.54) is 17.7 Å². The Morgan fingerprint density at radius 2 is 2.10 bits per heavy atom. The number of nitrogens with one attached hydrogen (secondary N) is 3. The molecule has 0 unspecified atom stereocenters. The van der Waals surface area contributed by atoms with Gasteiger partial charge in [0.25, 0.3) is 0 Å². The summed E-state index contributed by atoms with van der Waals surface area (Å²) < 4.78 is 15.1. The summed E-state index contributed by atoms with van der Waals surface area (Å²) in [4.78, 5) is 12.5. The van der Waals surface area contributed by atoms with E-state index in [-0.39, 0.29) is 0 Å². The fraction of sp³-hybridized carbons (Fsp3) is 0.273. The number of halogens is 1. The fourth-order valence-corrected chi connectivity index (χ4v) is 3.46. The number of amides is 2. The van der Waals surface area contributed by atoms with Gasteiger partial charge in [-0.05, 0) is 61.2 Å². The number of carbonyl (C=O) groups excluding carboxylic acids is 1. The Kier molecular flexibility index (Phi) is 5.46. The molecule has 0 aliphatic carbocycles. The van der Waals surface area contributed by atoms with Crippen LogP contribution in [-0.2, 0) is 12.8 Å². The summed E-state index contributed by atoms with van der Waals surface area (Å²) >= 11 is 0. The van der Waals surface area contributed by atoms with E-state index in [9.17, 15) is 9.18 Å². The molecule has 0 spiro atoms. The highest BCUT2D eigenvalue weighted by atomic mass is 19.1. The molecule has 3 aromatic rings. The summed E-state index contributed by atoms with van der Waals surface area (Å²) in [5, 5.41) is 13.6. The van der Waals surface area contributed by atoms with Gasteiger partial charge in [-0.1, -0.05) is 19.4 Å². The molecular weight excluding hydrogens is 369 g/mol. The highest BCUT2D eigenvalue weighted by molar-refractivity contribution is 5.99. The van der Waals surface area contributed by atoms with Gasteiger partial charge in [0.15, 0.2) is 0 Å². The van der Waals surface area contributed by atoms with Crippen LogP contribution in [0.5, 0.6) is 0 Å². The lowest BCUT2D eigenvalue weighted by Gasteiger charge is -2.11. The molecule has 6 nitrogen and oxygen atoms in total. The molecule has 150 valence electrons. The van der Waals surface area contributed by atoms with E-state index in [1.807, 2.05) is 18.2 Å². The van der Waals surface area contributed by atoms with E-state index in [4.69, 9.17) is 5.10 Å². The van der Waals surface area contributed by atoms with E-state index >= 15 is 0 Å². The highest BCUT2D eigenvalue weighted by Crippen LogP contribution is 2.27. The molecule has 4 rings (SSSR count). The van der Waals surface area contributed by atoms with Crippen molar-refractivity contribution in [3.63, 3.8) is 0 Å². The van der Waals surface area contributed by atoms with E-state index in [0.717, 1.165) is 49.3 Å². The Bertz CT molecular complexity index is 1030. The van der Waals surface area contributed by atoms with Gasteiger partial charge in [-0.2, -0.15) is 5.10 Å². The predicted molar refractivity (Wildman–Crippen MR) is 113 cm³/mol. The minimum atomic E-state index is -0.443. The van der Waals surface area contributed by atoms with Crippen molar-refractivity contribution in [3.05, 3.63) is 65.6 Å². The van der Waals surface area contributed by atoms with Crippen LogP contribution in [0.4, 0.5) is 26.4 Å². The van der Waals surface area contributed by atoms with Crippen molar-refractivity contribution in [2.24, 2.45) is 0 Å². The van der Waals surface area contributed by atoms with Crippen molar-refractivity contribution >= 4 is 23.2 Å². The van der Waals surface area contributed by atoms with Crippen LogP contribution in [0.15, 0.2) is 48.5 Å². The molecule has 1 aliphatic rings. The lowest BCUT2D eigenvalue weighted by Crippen LogP contribution is -2.21. The zero-order valence-corrected chi connectivity index (χ0v) is 16.3. The normalized spacial score (nSPS) is 12.3. The Labute approximate surface area is 169 Å². The van der Waals surface area contributed by atoms with Crippen LogP contribution in [0.2, 0.25) is 0 Å². The minimum Gasteiger partial charge on any atom is -0.384 e. The quantitative estimate of drug-likeness (QED) is 0.554. The monoisotopic (exact) mass is 393 g/mol. The fourth-order valence-electron chi connectivity index (χ4n) is 3.46. The number of hydrogen-bond acceptors (Lipinski definition) is 3. The van der Waals surface area contributed by atoms with Crippen LogP contribution >= 0.6 is 0 Å². The second kappa shape index (κ2) is 8.34. The summed E-state index contributed by atoms with van der Waals surface area (Å²) in [5.74, 6) is 0.178. The van der Waals surface area contributed by atoms with Crippen LogP contribution in [-0.4, -0.2) is 22.4 Å². The van der Waals surface area contributed by atoms with E-state index in [1.54, 1.807) is 16.8 Å². The van der Waals surface area contributed by atoms with Crippen molar-refractivity contribution < 1.29 is 9.18 Å². The van der Waals surface area contributed by atoms with Crippen LogP contribution in [0.3, 0.4) is 0 Å². The minimum absolute atomic E-state index is 0.392. The SMILES string of the molecule is CCCCc1cc(NC(=O)Nc2cccc(F)c2)n(-c2ccc3c(c2)CCN3)n1. The molecule has 0 saturated heterocycles. The molecule has 29 heavy (non-hydrogen) atoms. The predicted octanol–water partition coefficient (Wildman–Crippen LogP) is 4.97. The number of nitrogens with zero attached hydrogens (tertiary/aromatic N) is 2. The van der Waals surface area contributed by atoms with E-state index < -0.39 is 11.8 Å². The molecule has 1 aromatic heterocycles. The van der Waals surface area contributed by atoms with Crippen LogP contribution in [0, 0.1) is 5.82 Å². The largest absolute Gasteiger partial charge is 0.384 e. The average molecular weight is 393 g/mol. The van der Waals surface area contributed by atoms with Gasteiger partial charge in [0.1, 0.15) is 11.6 Å². The molecule has 0 radical (unpaired) electrons. The number of hydrogen-bond donors (Lipinski definition) is 3. The number of fused-ring (bicyclic) bond motifs is 1. The average Bonchev–Trinajstić information content (AvgIpc) is 3.32. The zero-order valence-electron chi connectivity index (χ0n) is 16.3. The standard InChI is InChI=1S/C22H24FN5O/c1-2-3-6-18-14-21(26-22(29)25-17-7-4-5-16(23)13-17)28(27-18)19-8-9-20-15(12-19)10-11-24-20/h4-5,7-9,12-14,24H,2-3,6,10-11H2,1H3,(H2,25,26,29). The second-order valence-corrected chi connectivity index (χ2v) is 7.14. The van der Waals surface area contributed by atoms with Gasteiger partial charge < -0.3 is 10.6 Å². The van der Waals surface area contributed by atoms with Crippen molar-refractivity contribution in [1.29, 1.82) is 0 Å². The zero-order chi connectivity index (χ0) is 20.2. The van der Waals surface area contributed by atoms with Crippen molar-refractivity contribution in [2.75, 3.05) is 22.5 Å². The van der Waals surface area contributed by atoms with Gasteiger partial charge in [-0.3, -0.25) is 5.32 Å². The number of aryl methyl sites for hydroxylation is 1. The summed E-state index contributed by atoms with van der Waals surface area (Å²) in [6.45, 7) is 3.07. The molecule has 2 heterocycles. The molecule has 0 saturated carbocycles. The maximum Gasteiger partial charge on any atom is 0.324 e. The topological polar surface area (TPSA) is 71.0 Å². The first-order valence-electron chi connectivity index (χ1n) is 9.92. The third kappa shape index (κ3) is 4.39. The molecule has 7 heteroatoms. The van der Waals surface area contributed by atoms with Crippen molar-refractivity contribution in [3.8, 4) is 5.69 Å². The molecule has 0 atom stereocenters. The van der Waals surface area contributed by atoms with E-state index in [0.29, 0.717) is 11.5 Å². The smallest absolute Gasteiger partial charge is 0.324 e. The Morgan fingerprint density at radius 3 is 2.93 bits per heavy atom. The molecular formula is C22H24FN5O. The van der Waals surface area contributed by atoms with Gasteiger partial charge in [-0.15, -0.1) is 0 Å².